The summed E-state index contributed by atoms with van der Waals surface area (Å²) >= 11 is 0. The van der Waals surface area contributed by atoms with Crippen LogP contribution in [0.4, 0.5) is 0 Å². The van der Waals surface area contributed by atoms with Gasteiger partial charge in [-0.15, -0.1) is 0 Å². The molecular weight excluding hydrogens is 226 g/mol. The number of rotatable bonds is 0. The fourth-order valence-corrected chi connectivity index (χ4v) is 0. The van der Waals surface area contributed by atoms with Gasteiger partial charge in [-0.2, -0.15) is 0 Å². The molecule has 0 saturated carbocycles. The minimum Gasteiger partial charge on any atom is -2.00 e. The van der Waals surface area contributed by atoms with Gasteiger partial charge in [-0.25, -0.2) is 0 Å². The summed E-state index contributed by atoms with van der Waals surface area (Å²) in [6, 6.07) is 0. The molecule has 0 aliphatic rings. The maximum atomic E-state index is 0. The van der Waals surface area contributed by atoms with Gasteiger partial charge in [0.15, 0.2) is 0 Å². The molecule has 0 amide bonds. The Morgan fingerprint density at radius 1 is 0.833 bits per heavy atom. The van der Waals surface area contributed by atoms with Crippen molar-refractivity contribution >= 4 is 28.3 Å². The van der Waals surface area contributed by atoms with Crippen LogP contribution in [0.1, 0.15) is 0 Å². The van der Waals surface area contributed by atoms with E-state index in [1.54, 1.807) is 0 Å². The summed E-state index contributed by atoms with van der Waals surface area (Å²) in [6.45, 7) is 0. The molecule has 0 fully saturated rings. The fraction of sp³-hybridized carbons (Fsp3) is 0. The van der Waals surface area contributed by atoms with Gasteiger partial charge in [0, 0.05) is 0 Å². The summed E-state index contributed by atoms with van der Waals surface area (Å²) in [4.78, 5) is 0. The van der Waals surface area contributed by atoms with Crippen molar-refractivity contribution in [2.75, 3.05) is 0 Å². The Bertz CT molecular complexity index is 13.5. The molecule has 0 saturated heterocycles. The zero-order valence-electron chi connectivity index (χ0n) is 2.89. The van der Waals surface area contributed by atoms with Gasteiger partial charge in [-0.3, -0.25) is 0 Å². The third-order valence-corrected chi connectivity index (χ3v) is 0. The first-order valence-corrected chi connectivity index (χ1v) is 0. The molecular formula is AlO2SiTiZr+11. The first-order chi connectivity index (χ1) is 0. The summed E-state index contributed by atoms with van der Waals surface area (Å²) in [6.07, 6.45) is 0. The monoisotopic (exact) mass is 225 g/mol. The molecule has 0 aromatic carbocycles. The number of hydrogen-bond donors (Lipinski definition) is 0. The summed E-state index contributed by atoms with van der Waals surface area (Å²) in [7, 11) is 0. The van der Waals surface area contributed by atoms with Crippen molar-refractivity contribution < 1.29 is 58.9 Å². The van der Waals surface area contributed by atoms with Gasteiger partial charge in [0.1, 0.15) is 0 Å². The molecule has 0 aliphatic heterocycles. The van der Waals surface area contributed by atoms with Gasteiger partial charge in [0.05, 0.1) is 0 Å². The smallest absolute Gasteiger partial charge is 2.00 e. The zero-order valence-corrected chi connectivity index (χ0v) is 9.07. The first kappa shape index (κ1) is 85.0. The van der Waals surface area contributed by atoms with Gasteiger partial charge in [-0.1, -0.05) is 0 Å². The van der Waals surface area contributed by atoms with Crippen LogP contribution in [0.5, 0.6) is 0 Å². The fourth-order valence-electron chi connectivity index (χ4n) is 0. The van der Waals surface area contributed by atoms with Gasteiger partial charge in [0.25, 0.3) is 0 Å². The van der Waals surface area contributed by atoms with E-state index < -0.39 is 0 Å². The van der Waals surface area contributed by atoms with Crippen molar-refractivity contribution in [3.05, 3.63) is 0 Å². The molecule has 0 bridgehead atoms. The Labute approximate surface area is 86.2 Å². The van der Waals surface area contributed by atoms with Crippen molar-refractivity contribution in [3.63, 3.8) is 0 Å². The van der Waals surface area contributed by atoms with E-state index in [9.17, 15) is 0 Å². The van der Waals surface area contributed by atoms with Crippen molar-refractivity contribution in [1.29, 1.82) is 0 Å². The predicted molar refractivity (Wildman–Crippen MR) is 12.9 cm³/mol. The first-order valence-electron chi connectivity index (χ1n) is 0. The van der Waals surface area contributed by atoms with Crippen molar-refractivity contribution in [1.82, 2.24) is 0 Å². The normalized spacial score (nSPS) is 0. The van der Waals surface area contributed by atoms with Crippen molar-refractivity contribution in [2.24, 2.45) is 0 Å². The third kappa shape index (κ3) is 33.8. The van der Waals surface area contributed by atoms with E-state index in [1.807, 2.05) is 0 Å². The minimum atomic E-state index is 0. The average molecular weight is 226 g/mol. The third-order valence-electron chi connectivity index (χ3n) is 0. The summed E-state index contributed by atoms with van der Waals surface area (Å²) < 4.78 is 0. The van der Waals surface area contributed by atoms with E-state index in [0.29, 0.717) is 0 Å². The van der Waals surface area contributed by atoms with Crippen molar-refractivity contribution in [2.45, 2.75) is 0 Å². The van der Waals surface area contributed by atoms with Gasteiger partial charge in [-0.05, 0) is 0 Å². The van der Waals surface area contributed by atoms with E-state index >= 15 is 0 Å². The molecule has 0 aromatic rings. The van der Waals surface area contributed by atoms with Crippen LogP contribution < -0.4 is 0 Å². The van der Waals surface area contributed by atoms with E-state index in [4.69, 9.17) is 0 Å². The molecule has 0 radical (unpaired) electrons. The van der Waals surface area contributed by atoms with Crippen LogP contribution in [-0.4, -0.2) is 28.3 Å². The summed E-state index contributed by atoms with van der Waals surface area (Å²) in [5.41, 5.74) is 0. The Morgan fingerprint density at radius 3 is 0.833 bits per heavy atom. The van der Waals surface area contributed by atoms with Gasteiger partial charge < -0.3 is 11.0 Å². The van der Waals surface area contributed by atoms with E-state index in [1.165, 1.54) is 0 Å². The molecule has 0 heterocycles. The quantitative estimate of drug-likeness (QED) is 0.475. The van der Waals surface area contributed by atoms with Crippen LogP contribution in [0.2, 0.25) is 0 Å². The average Bonchev–Trinajstić information content (AvgIpc) is 0. The summed E-state index contributed by atoms with van der Waals surface area (Å²) in [5.74, 6) is 0. The van der Waals surface area contributed by atoms with Crippen LogP contribution in [-0.2, 0) is 58.9 Å². The Balaban J connectivity index is 0. The van der Waals surface area contributed by atoms with Crippen molar-refractivity contribution in [3.8, 4) is 0 Å². The second-order valence-corrected chi connectivity index (χ2v) is 0. The molecule has 6 heteroatoms. The molecule has 0 rings (SSSR count). The topological polar surface area (TPSA) is 57.0 Å². The van der Waals surface area contributed by atoms with E-state index in [0.717, 1.165) is 0 Å². The second-order valence-electron chi connectivity index (χ2n) is 0. The molecule has 16 valence electrons. The maximum Gasteiger partial charge on any atom is 4.00 e. The molecule has 2 nitrogen and oxygen atoms in total. The van der Waals surface area contributed by atoms with Gasteiger partial charge in [0.2, 0.25) is 0 Å². The standard InChI is InChI=1S/Al.2O.Si.Ti.Zr/q+3;2*-2;3*+4. The maximum absolute atomic E-state index is 0. The second kappa shape index (κ2) is 55.5. The molecule has 0 aliphatic carbocycles. The van der Waals surface area contributed by atoms with Crippen LogP contribution in [0, 0.1) is 0 Å². The van der Waals surface area contributed by atoms with Crippen LogP contribution in [0.3, 0.4) is 0 Å². The molecule has 0 atom stereocenters. The minimum absolute atomic E-state index is 0. The molecule has 0 N–H and O–H groups in total. The molecule has 0 spiro atoms. The largest absolute Gasteiger partial charge is 4.00 e. The van der Waals surface area contributed by atoms with Gasteiger partial charge >= 0.3 is 76.2 Å². The Kier molecular flexibility index (Phi) is 786. The molecule has 6 heavy (non-hydrogen) atoms. The molecule has 0 aromatic heterocycles. The Hall–Kier alpha value is 2.27. The predicted octanol–water partition coefficient (Wildman–Crippen LogP) is -1.00. The van der Waals surface area contributed by atoms with Crippen LogP contribution in [0.25, 0.3) is 0 Å². The molecule has 0 unspecified atom stereocenters. The SMILES string of the molecule is [Al+3].[O-2].[O-2].[Si+4].[Ti+4].[Zr+4]. The Morgan fingerprint density at radius 2 is 0.833 bits per heavy atom. The number of hydrogen-bond acceptors (Lipinski definition) is 0. The van der Waals surface area contributed by atoms with E-state index in [-0.39, 0.29) is 87.2 Å². The zero-order chi connectivity index (χ0) is 0. The van der Waals surface area contributed by atoms with Crippen LogP contribution in [0.15, 0.2) is 0 Å². The summed E-state index contributed by atoms with van der Waals surface area (Å²) in [5, 5.41) is 0. The van der Waals surface area contributed by atoms with Crippen LogP contribution >= 0.6 is 0 Å². The van der Waals surface area contributed by atoms with E-state index in [2.05, 4.69) is 0 Å².